The molecule has 0 amide bonds. The average Bonchev–Trinajstić information content (AvgIpc) is 2.49. The largest absolute Gasteiger partial charge is 0.497 e. The van der Waals surface area contributed by atoms with Crippen molar-refractivity contribution in [2.45, 2.75) is 45.6 Å². The van der Waals surface area contributed by atoms with Crippen LogP contribution in [0.25, 0.3) is 0 Å². The third kappa shape index (κ3) is 7.11. The Morgan fingerprint density at radius 1 is 1.00 bits per heavy atom. The third-order valence-electron chi connectivity index (χ3n) is 3.21. The first-order valence-electron chi connectivity index (χ1n) is 7.47. The van der Waals surface area contributed by atoms with Gasteiger partial charge in [-0.1, -0.05) is 12.1 Å². The molecule has 1 aromatic rings. The summed E-state index contributed by atoms with van der Waals surface area (Å²) in [6, 6.07) is 7.52. The molecule has 122 valence electrons. The van der Waals surface area contributed by atoms with Crippen molar-refractivity contribution in [3.05, 3.63) is 29.8 Å². The summed E-state index contributed by atoms with van der Waals surface area (Å²) in [5.74, 6) is 0.225. The molecule has 0 fully saturated rings. The van der Waals surface area contributed by atoms with Gasteiger partial charge in [0.05, 0.1) is 13.7 Å². The van der Waals surface area contributed by atoms with Crippen molar-refractivity contribution < 1.29 is 23.8 Å². The number of unbranched alkanes of at least 4 members (excludes halogenated alkanes) is 2. The van der Waals surface area contributed by atoms with Crippen molar-refractivity contribution in [3.63, 3.8) is 0 Å². The molecule has 0 bridgehead atoms. The highest BCUT2D eigenvalue weighted by Gasteiger charge is 2.14. The van der Waals surface area contributed by atoms with Crippen molar-refractivity contribution in [2.24, 2.45) is 0 Å². The Morgan fingerprint density at radius 3 is 2.23 bits per heavy atom. The maximum Gasteiger partial charge on any atom is 0.303 e. The number of ether oxygens (including phenoxy) is 3. The zero-order valence-electron chi connectivity index (χ0n) is 13.5. The molecular weight excluding hydrogens is 284 g/mol. The molecule has 1 rings (SSSR count). The van der Waals surface area contributed by atoms with Crippen LogP contribution in [0.2, 0.25) is 0 Å². The predicted molar refractivity (Wildman–Crippen MR) is 82.6 cm³/mol. The summed E-state index contributed by atoms with van der Waals surface area (Å²) in [4.78, 5) is 21.9. The van der Waals surface area contributed by atoms with Crippen molar-refractivity contribution in [3.8, 4) is 5.75 Å². The molecule has 22 heavy (non-hydrogen) atoms. The Balaban J connectivity index is 2.46. The molecule has 0 aliphatic heterocycles. The number of esters is 2. The molecule has 0 aliphatic carbocycles. The van der Waals surface area contributed by atoms with Crippen LogP contribution in [0.3, 0.4) is 0 Å². The first-order chi connectivity index (χ1) is 10.5. The van der Waals surface area contributed by atoms with E-state index in [9.17, 15) is 9.59 Å². The molecule has 0 aromatic heterocycles. The van der Waals surface area contributed by atoms with Gasteiger partial charge in [0, 0.05) is 13.8 Å². The van der Waals surface area contributed by atoms with Gasteiger partial charge in [-0.2, -0.15) is 0 Å². The van der Waals surface area contributed by atoms with E-state index in [1.165, 1.54) is 13.8 Å². The maximum atomic E-state index is 11.3. The van der Waals surface area contributed by atoms with Crippen LogP contribution < -0.4 is 4.74 Å². The normalized spacial score (nSPS) is 11.6. The van der Waals surface area contributed by atoms with Crippen LogP contribution in [0, 0.1) is 0 Å². The zero-order valence-corrected chi connectivity index (χ0v) is 13.5. The summed E-state index contributed by atoms with van der Waals surface area (Å²) in [5, 5.41) is 0. The highest BCUT2D eigenvalue weighted by Crippen LogP contribution is 2.26. The van der Waals surface area contributed by atoms with E-state index in [2.05, 4.69) is 0 Å². The minimum Gasteiger partial charge on any atom is -0.497 e. The van der Waals surface area contributed by atoms with E-state index in [0.29, 0.717) is 6.61 Å². The van der Waals surface area contributed by atoms with Gasteiger partial charge in [0.15, 0.2) is 0 Å². The first-order valence-corrected chi connectivity index (χ1v) is 7.47. The number of carbonyl (C=O) groups excluding carboxylic acids is 2. The molecule has 0 N–H and O–H groups in total. The summed E-state index contributed by atoms with van der Waals surface area (Å²) in [6.07, 6.45) is 3.12. The van der Waals surface area contributed by atoms with Gasteiger partial charge in [0.25, 0.3) is 0 Å². The number of methoxy groups -OCH3 is 1. The molecule has 1 atom stereocenters. The van der Waals surface area contributed by atoms with Gasteiger partial charge in [0.1, 0.15) is 11.9 Å². The summed E-state index contributed by atoms with van der Waals surface area (Å²) in [5.41, 5.74) is 0.955. The van der Waals surface area contributed by atoms with Crippen LogP contribution >= 0.6 is 0 Å². The second-order valence-corrected chi connectivity index (χ2v) is 5.06. The molecule has 0 heterocycles. The van der Waals surface area contributed by atoms with E-state index in [4.69, 9.17) is 14.2 Å². The van der Waals surface area contributed by atoms with E-state index in [1.807, 2.05) is 24.3 Å². The molecule has 1 aromatic carbocycles. The van der Waals surface area contributed by atoms with Gasteiger partial charge in [-0.3, -0.25) is 9.59 Å². The van der Waals surface area contributed by atoms with E-state index in [1.54, 1.807) is 7.11 Å². The molecule has 0 spiro atoms. The minimum atomic E-state index is -0.291. The standard InChI is InChI=1S/C17H24O5/c1-13(18)21-12-6-4-5-7-17(22-14(2)19)15-8-10-16(20-3)11-9-15/h8-11,17H,4-7,12H2,1-3H3. The number of hydrogen-bond donors (Lipinski definition) is 0. The quantitative estimate of drug-likeness (QED) is 0.516. The van der Waals surface area contributed by atoms with Crippen molar-refractivity contribution in [1.82, 2.24) is 0 Å². The summed E-state index contributed by atoms with van der Waals surface area (Å²) in [7, 11) is 1.61. The lowest BCUT2D eigenvalue weighted by Crippen LogP contribution is -2.09. The maximum absolute atomic E-state index is 11.3. The lowest BCUT2D eigenvalue weighted by Gasteiger charge is -2.17. The first kappa shape index (κ1) is 18.0. The lowest BCUT2D eigenvalue weighted by atomic mass is 10.0. The van der Waals surface area contributed by atoms with Gasteiger partial charge in [0.2, 0.25) is 0 Å². The van der Waals surface area contributed by atoms with E-state index >= 15 is 0 Å². The van der Waals surface area contributed by atoms with Gasteiger partial charge < -0.3 is 14.2 Å². The molecule has 5 heteroatoms. The SMILES string of the molecule is COc1ccc(C(CCCCCOC(C)=O)OC(C)=O)cc1. The smallest absolute Gasteiger partial charge is 0.303 e. The molecule has 0 radical (unpaired) electrons. The Kier molecular flexibility index (Phi) is 8.04. The molecule has 1 unspecified atom stereocenters. The fraction of sp³-hybridized carbons (Fsp3) is 0.529. The fourth-order valence-electron chi connectivity index (χ4n) is 2.14. The van der Waals surface area contributed by atoms with Crippen LogP contribution in [-0.2, 0) is 19.1 Å². The second-order valence-electron chi connectivity index (χ2n) is 5.06. The van der Waals surface area contributed by atoms with Gasteiger partial charge in [-0.15, -0.1) is 0 Å². The van der Waals surface area contributed by atoms with Gasteiger partial charge >= 0.3 is 11.9 Å². The summed E-state index contributed by atoms with van der Waals surface area (Å²) in [6.45, 7) is 3.26. The monoisotopic (exact) mass is 308 g/mol. The summed E-state index contributed by atoms with van der Waals surface area (Å²) >= 11 is 0. The molecule has 0 saturated carbocycles. The molecule has 0 saturated heterocycles. The van der Waals surface area contributed by atoms with Crippen molar-refractivity contribution in [1.29, 1.82) is 0 Å². The van der Waals surface area contributed by atoms with E-state index < -0.39 is 0 Å². The molecular formula is C17H24O5. The highest BCUT2D eigenvalue weighted by molar-refractivity contribution is 5.66. The van der Waals surface area contributed by atoms with E-state index in [0.717, 1.165) is 37.0 Å². The second kappa shape index (κ2) is 9.82. The Labute approximate surface area is 131 Å². The topological polar surface area (TPSA) is 61.8 Å². The number of carbonyl (C=O) groups is 2. The third-order valence-corrected chi connectivity index (χ3v) is 3.21. The van der Waals surface area contributed by atoms with Crippen LogP contribution in [0.15, 0.2) is 24.3 Å². The van der Waals surface area contributed by atoms with Crippen LogP contribution in [0.5, 0.6) is 5.75 Å². The molecule has 0 aliphatic rings. The average molecular weight is 308 g/mol. The number of rotatable bonds is 9. The minimum absolute atomic E-state index is 0.253. The lowest BCUT2D eigenvalue weighted by molar-refractivity contribution is -0.147. The van der Waals surface area contributed by atoms with Crippen molar-refractivity contribution >= 4 is 11.9 Å². The highest BCUT2D eigenvalue weighted by atomic mass is 16.5. The predicted octanol–water partition coefficient (Wildman–Crippen LogP) is 3.42. The fourth-order valence-corrected chi connectivity index (χ4v) is 2.14. The number of benzene rings is 1. The Bertz CT molecular complexity index is 466. The van der Waals surface area contributed by atoms with Crippen LogP contribution in [0.4, 0.5) is 0 Å². The summed E-state index contributed by atoms with van der Waals surface area (Å²) < 4.78 is 15.4. The van der Waals surface area contributed by atoms with Crippen LogP contribution in [0.1, 0.15) is 51.2 Å². The Hall–Kier alpha value is -2.04. The van der Waals surface area contributed by atoms with Gasteiger partial charge in [-0.25, -0.2) is 0 Å². The van der Waals surface area contributed by atoms with Crippen LogP contribution in [-0.4, -0.2) is 25.7 Å². The van der Waals surface area contributed by atoms with Crippen molar-refractivity contribution in [2.75, 3.05) is 13.7 Å². The zero-order chi connectivity index (χ0) is 16.4. The number of hydrogen-bond acceptors (Lipinski definition) is 5. The Morgan fingerprint density at radius 2 is 1.68 bits per heavy atom. The van der Waals surface area contributed by atoms with E-state index in [-0.39, 0.29) is 18.0 Å². The molecule has 5 nitrogen and oxygen atoms in total. The van der Waals surface area contributed by atoms with Gasteiger partial charge in [-0.05, 0) is 43.4 Å².